The fraction of sp³-hybridized carbons (Fsp3) is 0.529. The van der Waals surface area contributed by atoms with Crippen LogP contribution in [0.3, 0.4) is 0 Å². The van der Waals surface area contributed by atoms with Gasteiger partial charge in [-0.15, -0.1) is 13.2 Å². The van der Waals surface area contributed by atoms with Crippen molar-refractivity contribution in [2.45, 2.75) is 52.1 Å². The van der Waals surface area contributed by atoms with E-state index in [1.165, 1.54) is 24.3 Å². The Bertz CT molecular complexity index is 610. The quantitative estimate of drug-likeness (QED) is 0.794. The summed E-state index contributed by atoms with van der Waals surface area (Å²) in [4.78, 5) is 23.3. The fourth-order valence-corrected chi connectivity index (χ4v) is 1.95. The summed E-state index contributed by atoms with van der Waals surface area (Å²) in [7, 11) is 0. The smallest absolute Gasteiger partial charge is 0.444 e. The van der Waals surface area contributed by atoms with Gasteiger partial charge in [-0.2, -0.15) is 0 Å². The number of alkyl carbamates (subject to hydrolysis) is 1. The summed E-state index contributed by atoms with van der Waals surface area (Å²) in [6.45, 7) is 6.98. The van der Waals surface area contributed by atoms with Gasteiger partial charge in [-0.3, -0.25) is 4.79 Å². The highest BCUT2D eigenvalue weighted by Crippen LogP contribution is 2.24. The van der Waals surface area contributed by atoms with Crippen LogP contribution in [0.4, 0.5) is 18.0 Å². The molecule has 0 aliphatic carbocycles. The Balaban J connectivity index is 2.41. The molecule has 2 amide bonds. The molecule has 0 spiro atoms. The van der Waals surface area contributed by atoms with Gasteiger partial charge in [0.2, 0.25) is 5.91 Å². The second kappa shape index (κ2) is 8.77. The van der Waals surface area contributed by atoms with E-state index in [1.807, 2.05) is 0 Å². The number of nitrogens with one attached hydrogen (secondary N) is 2. The molecule has 0 aromatic heterocycles. The largest absolute Gasteiger partial charge is 0.573 e. The molecule has 0 saturated heterocycles. The summed E-state index contributed by atoms with van der Waals surface area (Å²) in [5, 5.41) is 5.16. The lowest BCUT2D eigenvalue weighted by molar-refractivity contribution is -0.274. The van der Waals surface area contributed by atoms with Crippen LogP contribution in [0.15, 0.2) is 24.3 Å². The molecule has 26 heavy (non-hydrogen) atoms. The van der Waals surface area contributed by atoms with Crippen molar-refractivity contribution in [1.82, 2.24) is 10.6 Å². The van der Waals surface area contributed by atoms with E-state index in [2.05, 4.69) is 15.4 Å². The average Bonchev–Trinajstić information content (AvgIpc) is 2.44. The maximum atomic E-state index is 12.1. The molecule has 1 aromatic carbocycles. The molecule has 6 nitrogen and oxygen atoms in total. The highest BCUT2D eigenvalue weighted by atomic mass is 19.4. The number of amides is 2. The third kappa shape index (κ3) is 9.14. The Hall–Kier alpha value is -2.45. The second-order valence-electron chi connectivity index (χ2n) is 6.58. The Kier molecular flexibility index (Phi) is 7.29. The summed E-state index contributed by atoms with van der Waals surface area (Å²) in [6, 6.07) is 4.81. The van der Waals surface area contributed by atoms with Gasteiger partial charge < -0.3 is 20.1 Å². The highest BCUT2D eigenvalue weighted by Gasteiger charge is 2.31. The highest BCUT2D eigenvalue weighted by molar-refractivity contribution is 5.77. The van der Waals surface area contributed by atoms with E-state index < -0.39 is 24.1 Å². The van der Waals surface area contributed by atoms with Crippen molar-refractivity contribution in [3.63, 3.8) is 0 Å². The van der Waals surface area contributed by atoms with Crippen molar-refractivity contribution in [2.75, 3.05) is 6.54 Å². The first-order valence-corrected chi connectivity index (χ1v) is 7.97. The van der Waals surface area contributed by atoms with Crippen LogP contribution in [0, 0.1) is 0 Å². The zero-order valence-electron chi connectivity index (χ0n) is 15.1. The van der Waals surface area contributed by atoms with Gasteiger partial charge in [0.05, 0.1) is 6.04 Å². The van der Waals surface area contributed by atoms with E-state index in [-0.39, 0.29) is 24.6 Å². The van der Waals surface area contributed by atoms with E-state index in [0.29, 0.717) is 5.56 Å². The van der Waals surface area contributed by atoms with Crippen molar-refractivity contribution in [3.8, 4) is 5.75 Å². The van der Waals surface area contributed by atoms with Crippen LogP contribution in [0.25, 0.3) is 0 Å². The molecular formula is C17H23F3N2O4. The van der Waals surface area contributed by atoms with Gasteiger partial charge in [0, 0.05) is 13.0 Å². The van der Waals surface area contributed by atoms with Crippen LogP contribution in [-0.4, -0.2) is 30.5 Å². The van der Waals surface area contributed by atoms with E-state index >= 15 is 0 Å². The van der Waals surface area contributed by atoms with Crippen LogP contribution < -0.4 is 15.4 Å². The molecule has 0 bridgehead atoms. The number of carbonyl (C=O) groups is 2. The normalized spacial score (nSPS) is 12.9. The first kappa shape index (κ1) is 21.6. The Labute approximate surface area is 150 Å². The maximum Gasteiger partial charge on any atom is 0.573 e. The van der Waals surface area contributed by atoms with Gasteiger partial charge >= 0.3 is 12.5 Å². The van der Waals surface area contributed by atoms with Gasteiger partial charge in [0.25, 0.3) is 0 Å². The topological polar surface area (TPSA) is 76.7 Å². The lowest BCUT2D eigenvalue weighted by atomic mass is 10.1. The minimum Gasteiger partial charge on any atom is -0.444 e. The van der Waals surface area contributed by atoms with Crippen LogP contribution >= 0.6 is 0 Å². The summed E-state index contributed by atoms with van der Waals surface area (Å²) >= 11 is 0. The third-order valence-electron chi connectivity index (χ3n) is 3.01. The molecule has 1 aromatic rings. The molecule has 0 saturated carbocycles. The summed E-state index contributed by atoms with van der Waals surface area (Å²) in [5.41, 5.74) is -0.00368. The van der Waals surface area contributed by atoms with Gasteiger partial charge in [0.1, 0.15) is 11.4 Å². The first-order valence-electron chi connectivity index (χ1n) is 7.97. The second-order valence-corrected chi connectivity index (χ2v) is 6.58. The first-order chi connectivity index (χ1) is 11.9. The molecule has 9 heteroatoms. The van der Waals surface area contributed by atoms with Crippen molar-refractivity contribution in [2.24, 2.45) is 0 Å². The molecule has 2 N–H and O–H groups in total. The minimum atomic E-state index is -4.75. The molecule has 0 radical (unpaired) electrons. The third-order valence-corrected chi connectivity index (χ3v) is 3.01. The number of rotatable bonds is 6. The predicted octanol–water partition coefficient (Wildman–Crippen LogP) is 3.68. The number of hydrogen-bond acceptors (Lipinski definition) is 4. The molecule has 0 heterocycles. The molecule has 0 aliphatic heterocycles. The summed E-state index contributed by atoms with van der Waals surface area (Å²) in [6.07, 6.45) is -5.32. The predicted molar refractivity (Wildman–Crippen MR) is 88.5 cm³/mol. The average molecular weight is 376 g/mol. The van der Waals surface area contributed by atoms with E-state index in [9.17, 15) is 22.8 Å². The van der Waals surface area contributed by atoms with E-state index in [1.54, 1.807) is 27.7 Å². The lowest BCUT2D eigenvalue weighted by Gasteiger charge is -2.19. The maximum absolute atomic E-state index is 12.1. The number of alkyl halides is 3. The zero-order valence-corrected chi connectivity index (χ0v) is 15.1. The Morgan fingerprint density at radius 1 is 1.12 bits per heavy atom. The van der Waals surface area contributed by atoms with E-state index in [0.717, 1.165) is 0 Å². The number of halogens is 3. The number of ether oxygens (including phenoxy) is 2. The van der Waals surface area contributed by atoms with Crippen molar-refractivity contribution < 1.29 is 32.2 Å². The molecule has 1 atom stereocenters. The van der Waals surface area contributed by atoms with Gasteiger partial charge in [0.15, 0.2) is 0 Å². The fourth-order valence-electron chi connectivity index (χ4n) is 1.95. The standard InChI is InChI=1S/C17H23F3N2O4/c1-11(12-5-7-13(8-6-12)25-17(18,19)20)22-14(23)9-10-21-15(24)26-16(2,3)4/h5-8,11H,9-10H2,1-4H3,(H,21,24)(H,22,23). The Morgan fingerprint density at radius 3 is 2.19 bits per heavy atom. The SMILES string of the molecule is CC(NC(=O)CCNC(=O)OC(C)(C)C)c1ccc(OC(F)(F)F)cc1. The van der Waals surface area contributed by atoms with Crippen LogP contribution in [-0.2, 0) is 9.53 Å². The van der Waals surface area contributed by atoms with Gasteiger partial charge in [-0.25, -0.2) is 4.79 Å². The van der Waals surface area contributed by atoms with Gasteiger partial charge in [-0.05, 0) is 45.4 Å². The molecular weight excluding hydrogens is 353 g/mol. The zero-order chi connectivity index (χ0) is 20.0. The minimum absolute atomic E-state index is 0.0405. The summed E-state index contributed by atoms with van der Waals surface area (Å²) < 4.78 is 45.2. The monoisotopic (exact) mass is 376 g/mol. The Morgan fingerprint density at radius 2 is 1.69 bits per heavy atom. The van der Waals surface area contributed by atoms with Gasteiger partial charge in [-0.1, -0.05) is 12.1 Å². The number of hydrogen-bond donors (Lipinski definition) is 2. The summed E-state index contributed by atoms with van der Waals surface area (Å²) in [5.74, 6) is -0.648. The van der Waals surface area contributed by atoms with E-state index in [4.69, 9.17) is 4.74 Å². The molecule has 1 rings (SSSR count). The van der Waals surface area contributed by atoms with Crippen LogP contribution in [0.5, 0.6) is 5.75 Å². The van der Waals surface area contributed by atoms with Crippen molar-refractivity contribution in [1.29, 1.82) is 0 Å². The van der Waals surface area contributed by atoms with Crippen molar-refractivity contribution in [3.05, 3.63) is 29.8 Å². The van der Waals surface area contributed by atoms with Crippen LogP contribution in [0.2, 0.25) is 0 Å². The lowest BCUT2D eigenvalue weighted by Crippen LogP contribution is -2.35. The molecule has 0 fully saturated rings. The number of benzene rings is 1. The number of carbonyl (C=O) groups excluding carboxylic acids is 2. The molecule has 146 valence electrons. The van der Waals surface area contributed by atoms with Crippen molar-refractivity contribution >= 4 is 12.0 Å². The molecule has 0 aliphatic rings. The molecule has 1 unspecified atom stereocenters. The van der Waals surface area contributed by atoms with Crippen LogP contribution in [0.1, 0.15) is 45.7 Å².